The number of aromatic nitrogens is 3. The lowest BCUT2D eigenvalue weighted by Crippen LogP contribution is -2.32. The van der Waals surface area contributed by atoms with E-state index < -0.39 is 5.41 Å². The second-order valence-electron chi connectivity index (χ2n) is 17.1. The van der Waals surface area contributed by atoms with Gasteiger partial charge in [-0.15, -0.1) is 0 Å². The summed E-state index contributed by atoms with van der Waals surface area (Å²) in [7, 11) is 0. The maximum absolute atomic E-state index is 6.66. The van der Waals surface area contributed by atoms with Crippen LogP contribution in [0.15, 0.2) is 237 Å². The molecule has 4 nitrogen and oxygen atoms in total. The fraction of sp³-hybridized carbons (Fsp3) is 0.0161. The third-order valence-electron chi connectivity index (χ3n) is 13.4. The van der Waals surface area contributed by atoms with Gasteiger partial charge in [0.05, 0.1) is 22.3 Å². The largest absolute Gasteiger partial charge is 0.457 e. The van der Waals surface area contributed by atoms with E-state index in [0.717, 1.165) is 89.4 Å². The molecule has 11 aromatic rings. The van der Waals surface area contributed by atoms with Crippen molar-refractivity contribution in [1.29, 1.82) is 0 Å². The lowest BCUT2D eigenvalue weighted by Gasteiger charge is -2.39. The highest BCUT2D eigenvalue weighted by atomic mass is 16.5. The molecule has 9 aromatic carbocycles. The van der Waals surface area contributed by atoms with Crippen molar-refractivity contribution in [1.82, 2.24) is 15.0 Å². The Morgan fingerprint density at radius 2 is 0.818 bits per heavy atom. The lowest BCUT2D eigenvalue weighted by atomic mass is 9.66. The van der Waals surface area contributed by atoms with Crippen LogP contribution in [-0.2, 0) is 5.41 Å². The smallest absolute Gasteiger partial charge is 0.160 e. The highest BCUT2D eigenvalue weighted by Crippen LogP contribution is 2.62. The van der Waals surface area contributed by atoms with E-state index >= 15 is 0 Å². The third-order valence-corrected chi connectivity index (χ3v) is 13.4. The fourth-order valence-electron chi connectivity index (χ4n) is 10.4. The van der Waals surface area contributed by atoms with Gasteiger partial charge in [0.1, 0.15) is 11.5 Å². The highest BCUT2D eigenvalue weighted by Gasteiger charge is 2.51. The van der Waals surface area contributed by atoms with Crippen LogP contribution in [0, 0.1) is 0 Å². The van der Waals surface area contributed by atoms with Crippen molar-refractivity contribution in [2.24, 2.45) is 0 Å². The molecule has 66 heavy (non-hydrogen) atoms. The van der Waals surface area contributed by atoms with Crippen molar-refractivity contribution in [2.75, 3.05) is 0 Å². The summed E-state index contributed by atoms with van der Waals surface area (Å²) >= 11 is 0. The van der Waals surface area contributed by atoms with Gasteiger partial charge in [-0.05, 0) is 98.6 Å². The molecular formula is C62H39N3O. The minimum absolute atomic E-state index is 0.588. The van der Waals surface area contributed by atoms with Crippen LogP contribution >= 0.6 is 0 Å². The lowest BCUT2D eigenvalue weighted by molar-refractivity contribution is 0.436. The summed E-state index contributed by atoms with van der Waals surface area (Å²) in [6.07, 6.45) is 1.88. The predicted octanol–water partition coefficient (Wildman–Crippen LogP) is 15.5. The van der Waals surface area contributed by atoms with Crippen LogP contribution in [0.5, 0.6) is 11.5 Å². The molecular weight excluding hydrogens is 803 g/mol. The second kappa shape index (κ2) is 15.2. The van der Waals surface area contributed by atoms with Gasteiger partial charge < -0.3 is 4.74 Å². The normalized spacial score (nSPS) is 12.8. The molecule has 1 aliphatic carbocycles. The molecule has 0 bridgehead atoms. The Balaban J connectivity index is 0.986. The van der Waals surface area contributed by atoms with Gasteiger partial charge in [0.15, 0.2) is 5.82 Å². The number of nitrogens with zero attached hydrogens (tertiary/aromatic N) is 3. The first-order valence-electron chi connectivity index (χ1n) is 22.4. The quantitative estimate of drug-likeness (QED) is 0.167. The molecule has 0 saturated carbocycles. The number of fused-ring (bicyclic) bond motifs is 10. The molecule has 13 rings (SSSR count). The molecule has 3 heterocycles. The molecule has 4 heteroatoms. The summed E-state index contributed by atoms with van der Waals surface area (Å²) in [5.41, 5.74) is 19.1. The topological polar surface area (TPSA) is 47.9 Å². The van der Waals surface area contributed by atoms with Gasteiger partial charge in [-0.1, -0.05) is 182 Å². The molecule has 1 spiro atoms. The molecule has 1 aliphatic heterocycles. The van der Waals surface area contributed by atoms with Gasteiger partial charge in [0.2, 0.25) is 0 Å². The Morgan fingerprint density at radius 3 is 1.48 bits per heavy atom. The molecule has 0 saturated heterocycles. The Hall–Kier alpha value is -8.73. The number of benzene rings is 9. The highest BCUT2D eigenvalue weighted by molar-refractivity contribution is 5.97. The van der Waals surface area contributed by atoms with Crippen molar-refractivity contribution >= 4 is 10.9 Å². The molecule has 0 amide bonds. The first kappa shape index (κ1) is 37.8. The number of rotatable bonds is 6. The minimum Gasteiger partial charge on any atom is -0.457 e. The van der Waals surface area contributed by atoms with E-state index in [-0.39, 0.29) is 0 Å². The average molecular weight is 842 g/mol. The summed E-state index contributed by atoms with van der Waals surface area (Å²) in [5, 5.41) is 1.12. The molecule has 0 radical (unpaired) electrons. The van der Waals surface area contributed by atoms with Gasteiger partial charge in [-0.3, -0.25) is 4.98 Å². The average Bonchev–Trinajstić information content (AvgIpc) is 3.68. The van der Waals surface area contributed by atoms with E-state index in [1.165, 1.54) is 27.8 Å². The van der Waals surface area contributed by atoms with Crippen molar-refractivity contribution < 1.29 is 4.74 Å². The number of hydrogen-bond donors (Lipinski definition) is 0. The maximum Gasteiger partial charge on any atom is 0.160 e. The van der Waals surface area contributed by atoms with Crippen LogP contribution in [0.3, 0.4) is 0 Å². The van der Waals surface area contributed by atoms with Crippen LogP contribution in [-0.4, -0.2) is 15.0 Å². The Bertz CT molecular complexity index is 3640. The summed E-state index contributed by atoms with van der Waals surface area (Å²) in [6.45, 7) is 0. The molecule has 2 aliphatic rings. The van der Waals surface area contributed by atoms with E-state index in [2.05, 4.69) is 200 Å². The molecule has 0 atom stereocenters. The van der Waals surface area contributed by atoms with Crippen molar-refractivity contribution in [3.8, 4) is 89.9 Å². The maximum atomic E-state index is 6.66. The number of pyridine rings is 1. The van der Waals surface area contributed by atoms with E-state index in [1.807, 2.05) is 36.5 Å². The predicted molar refractivity (Wildman–Crippen MR) is 267 cm³/mol. The molecule has 0 N–H and O–H groups in total. The first-order valence-corrected chi connectivity index (χ1v) is 22.4. The first-order chi connectivity index (χ1) is 32.7. The van der Waals surface area contributed by atoms with Crippen molar-refractivity contribution in [3.05, 3.63) is 259 Å². The SMILES string of the molecule is c1ccc(-c2cccc(-c3cc(-c4cccc(-c5ccc6c(c5)-c5cc(-c7cccc8cccnc78)ccc5C65c6ccccc6Oc6ccccc65)c4)nc(-c4ccccc4)n3)c2)cc1. The Labute approximate surface area is 383 Å². The van der Waals surface area contributed by atoms with Crippen LogP contribution in [0.25, 0.3) is 89.3 Å². The second-order valence-corrected chi connectivity index (χ2v) is 17.1. The van der Waals surface area contributed by atoms with Crippen LogP contribution in [0.1, 0.15) is 22.3 Å². The zero-order valence-electron chi connectivity index (χ0n) is 35.8. The molecule has 0 unspecified atom stereocenters. The third kappa shape index (κ3) is 6.03. The molecule has 308 valence electrons. The van der Waals surface area contributed by atoms with E-state index in [0.29, 0.717) is 5.82 Å². The summed E-state index contributed by atoms with van der Waals surface area (Å²) < 4.78 is 6.66. The number of hydrogen-bond acceptors (Lipinski definition) is 4. The van der Waals surface area contributed by atoms with Gasteiger partial charge in [-0.2, -0.15) is 0 Å². The zero-order valence-corrected chi connectivity index (χ0v) is 35.8. The monoisotopic (exact) mass is 841 g/mol. The van der Waals surface area contributed by atoms with Gasteiger partial charge in [0.25, 0.3) is 0 Å². The summed E-state index contributed by atoms with van der Waals surface area (Å²) in [6, 6.07) is 82.0. The van der Waals surface area contributed by atoms with E-state index in [4.69, 9.17) is 19.7 Å². The summed E-state index contributed by atoms with van der Waals surface area (Å²) in [5.74, 6) is 2.44. The number of para-hydroxylation sites is 3. The minimum atomic E-state index is -0.588. The standard InChI is InChI=1S/C62H39N3O/c1-3-15-40(16-4-1)43-20-11-22-47(35-43)56-39-57(65-61(64-56)42-17-5-2-6-18-42)48-23-12-21-44(36-48)45-30-32-52-50(37-45)51-38-46(49-25-13-19-41-24-14-34-63-60(41)49)31-33-53(51)62(52)54-26-7-9-28-58(54)66-59-29-10-8-27-55(59)62/h1-39H. The van der Waals surface area contributed by atoms with Crippen LogP contribution in [0.2, 0.25) is 0 Å². The van der Waals surface area contributed by atoms with E-state index in [1.54, 1.807) is 0 Å². The fourth-order valence-corrected chi connectivity index (χ4v) is 10.4. The number of ether oxygens (including phenoxy) is 1. The van der Waals surface area contributed by atoms with Crippen LogP contribution < -0.4 is 4.74 Å². The Morgan fingerprint density at radius 1 is 0.318 bits per heavy atom. The molecule has 2 aromatic heterocycles. The van der Waals surface area contributed by atoms with Crippen LogP contribution in [0.4, 0.5) is 0 Å². The van der Waals surface area contributed by atoms with Crippen molar-refractivity contribution in [2.45, 2.75) is 5.41 Å². The van der Waals surface area contributed by atoms with E-state index in [9.17, 15) is 0 Å². The van der Waals surface area contributed by atoms with Gasteiger partial charge >= 0.3 is 0 Å². The zero-order chi connectivity index (χ0) is 43.6. The molecule has 0 fully saturated rings. The van der Waals surface area contributed by atoms with Gasteiger partial charge in [0, 0.05) is 45.0 Å². The Kier molecular flexibility index (Phi) is 8.72. The summed E-state index contributed by atoms with van der Waals surface area (Å²) in [4.78, 5) is 15.3. The van der Waals surface area contributed by atoms with Gasteiger partial charge in [-0.25, -0.2) is 9.97 Å². The van der Waals surface area contributed by atoms with Crippen molar-refractivity contribution in [3.63, 3.8) is 0 Å².